The number of anilines is 1. The smallest absolute Gasteiger partial charge is 0.191 e. The molecule has 1 unspecified atom stereocenters. The predicted molar refractivity (Wildman–Crippen MR) is 107 cm³/mol. The lowest BCUT2D eigenvalue weighted by Crippen LogP contribution is -2.10. The highest BCUT2D eigenvalue weighted by Gasteiger charge is 2.20. The van der Waals surface area contributed by atoms with Crippen LogP contribution in [0, 0.1) is 0 Å². The van der Waals surface area contributed by atoms with Gasteiger partial charge in [-0.05, 0) is 30.2 Å². The number of nitrogens with two attached hydrogens (primary N) is 1. The average Bonchev–Trinajstić information content (AvgIpc) is 2.97. The molecule has 1 atom stereocenters. The van der Waals surface area contributed by atoms with Crippen LogP contribution in [0.15, 0.2) is 34.7 Å². The lowest BCUT2D eigenvalue weighted by molar-refractivity contribution is 0.595. The Hall–Kier alpha value is -1.73. The van der Waals surface area contributed by atoms with Gasteiger partial charge in [0.2, 0.25) is 0 Å². The molecule has 0 saturated heterocycles. The Morgan fingerprint density at radius 2 is 1.96 bits per heavy atom. The third kappa shape index (κ3) is 3.93. The molecule has 25 heavy (non-hydrogen) atoms. The maximum Gasteiger partial charge on any atom is 0.191 e. The molecule has 3 aromatic rings. The van der Waals surface area contributed by atoms with E-state index in [0.29, 0.717) is 11.0 Å². The molecule has 3 N–H and O–H groups in total. The highest BCUT2D eigenvalue weighted by molar-refractivity contribution is 7.99. The van der Waals surface area contributed by atoms with E-state index < -0.39 is 0 Å². The minimum atomic E-state index is 0.0809. The van der Waals surface area contributed by atoms with Crippen molar-refractivity contribution in [3.05, 3.63) is 35.8 Å². The second-order valence-corrected chi connectivity index (χ2v) is 9.12. The lowest BCUT2D eigenvalue weighted by Gasteiger charge is -2.18. The van der Waals surface area contributed by atoms with Crippen molar-refractivity contribution in [1.82, 2.24) is 19.9 Å². The van der Waals surface area contributed by atoms with Gasteiger partial charge in [-0.1, -0.05) is 32.5 Å². The molecule has 7 heteroatoms. The quantitative estimate of drug-likeness (QED) is 0.388. The number of hydrogen-bond donors (Lipinski definition) is 2. The maximum atomic E-state index is 5.88. The Morgan fingerprint density at radius 1 is 1.20 bits per heavy atom. The van der Waals surface area contributed by atoms with Gasteiger partial charge < -0.3 is 10.7 Å². The van der Waals surface area contributed by atoms with Crippen molar-refractivity contribution in [2.24, 2.45) is 0 Å². The summed E-state index contributed by atoms with van der Waals surface area (Å²) in [5.41, 5.74) is 9.34. The molecule has 0 fully saturated rings. The van der Waals surface area contributed by atoms with Crippen LogP contribution in [0.1, 0.15) is 44.2 Å². The SMILES string of the molecule is CSc1cc(N)nc(SC(C)c2cc3c(C(C)(C)C)c[nH]c3cn2)n1. The molecule has 0 aromatic carbocycles. The molecule has 0 aliphatic rings. The third-order valence-corrected chi connectivity index (χ3v) is 5.62. The topological polar surface area (TPSA) is 80.5 Å². The Labute approximate surface area is 156 Å². The summed E-state index contributed by atoms with van der Waals surface area (Å²) in [4.78, 5) is 16.8. The maximum absolute atomic E-state index is 5.88. The van der Waals surface area contributed by atoms with Crippen LogP contribution in [-0.2, 0) is 5.41 Å². The van der Waals surface area contributed by atoms with Gasteiger partial charge in [0.05, 0.1) is 22.7 Å². The zero-order valence-electron chi connectivity index (χ0n) is 15.1. The van der Waals surface area contributed by atoms with Gasteiger partial charge in [0.15, 0.2) is 5.16 Å². The molecule has 5 nitrogen and oxygen atoms in total. The van der Waals surface area contributed by atoms with Gasteiger partial charge in [0, 0.05) is 17.6 Å². The fraction of sp³-hybridized carbons (Fsp3) is 0.389. The van der Waals surface area contributed by atoms with Crippen molar-refractivity contribution in [2.75, 3.05) is 12.0 Å². The first-order valence-corrected chi connectivity index (χ1v) is 10.2. The third-order valence-electron chi connectivity index (χ3n) is 4.01. The largest absolute Gasteiger partial charge is 0.384 e. The van der Waals surface area contributed by atoms with Crippen molar-refractivity contribution in [1.29, 1.82) is 0 Å². The van der Waals surface area contributed by atoms with E-state index in [-0.39, 0.29) is 10.7 Å². The molecule has 3 heterocycles. The molecule has 3 rings (SSSR count). The van der Waals surface area contributed by atoms with Crippen molar-refractivity contribution >= 4 is 40.2 Å². The van der Waals surface area contributed by atoms with Crippen LogP contribution < -0.4 is 5.73 Å². The highest BCUT2D eigenvalue weighted by atomic mass is 32.2. The number of pyridine rings is 1. The van der Waals surface area contributed by atoms with E-state index in [0.717, 1.165) is 16.2 Å². The summed E-state index contributed by atoms with van der Waals surface area (Å²) in [7, 11) is 0. The van der Waals surface area contributed by atoms with E-state index in [1.807, 2.05) is 12.5 Å². The van der Waals surface area contributed by atoms with Crippen molar-refractivity contribution in [3.63, 3.8) is 0 Å². The molecular formula is C18H23N5S2. The van der Waals surface area contributed by atoms with Crippen LogP contribution >= 0.6 is 23.5 Å². The highest BCUT2D eigenvalue weighted by Crippen LogP contribution is 2.36. The molecule has 132 valence electrons. The first-order chi connectivity index (χ1) is 11.8. The summed E-state index contributed by atoms with van der Waals surface area (Å²) in [6.07, 6.45) is 5.97. The number of rotatable bonds is 4. The van der Waals surface area contributed by atoms with Gasteiger partial charge in [0.1, 0.15) is 10.8 Å². The predicted octanol–water partition coefficient (Wildman–Crippen LogP) is 4.81. The number of fused-ring (bicyclic) bond motifs is 1. The number of nitrogens with zero attached hydrogens (tertiary/aromatic N) is 3. The van der Waals surface area contributed by atoms with Crippen LogP contribution in [0.5, 0.6) is 0 Å². The molecule has 0 radical (unpaired) electrons. The summed E-state index contributed by atoms with van der Waals surface area (Å²) < 4.78 is 0. The van der Waals surface area contributed by atoms with Crippen molar-refractivity contribution in [2.45, 2.75) is 48.5 Å². The van der Waals surface area contributed by atoms with E-state index in [1.54, 1.807) is 29.6 Å². The number of aromatic nitrogens is 4. The van der Waals surface area contributed by atoms with Gasteiger partial charge in [-0.2, -0.15) is 0 Å². The summed E-state index contributed by atoms with van der Waals surface area (Å²) in [6, 6.07) is 3.96. The van der Waals surface area contributed by atoms with E-state index in [1.165, 1.54) is 10.9 Å². The van der Waals surface area contributed by atoms with Gasteiger partial charge in [-0.15, -0.1) is 11.8 Å². The number of thioether (sulfide) groups is 2. The molecule has 0 spiro atoms. The summed E-state index contributed by atoms with van der Waals surface area (Å²) in [5, 5.41) is 2.92. The molecule has 0 bridgehead atoms. The molecule has 0 aliphatic carbocycles. The number of H-pyrrole nitrogens is 1. The van der Waals surface area contributed by atoms with Crippen LogP contribution in [0.3, 0.4) is 0 Å². The van der Waals surface area contributed by atoms with Gasteiger partial charge in [-0.25, -0.2) is 9.97 Å². The van der Waals surface area contributed by atoms with Gasteiger partial charge >= 0.3 is 0 Å². The standard InChI is InChI=1S/C18H23N5S2/c1-10(25-17-22-15(19)7-16(23-17)24-5)13-6-11-12(18(2,3)4)8-20-14(11)9-21-13/h6-10,20H,1-5H3,(H2,19,22,23). The fourth-order valence-electron chi connectivity index (χ4n) is 2.68. The van der Waals surface area contributed by atoms with E-state index in [2.05, 4.69) is 59.9 Å². The monoisotopic (exact) mass is 373 g/mol. The van der Waals surface area contributed by atoms with Crippen LogP contribution in [0.4, 0.5) is 5.82 Å². The first-order valence-electron chi connectivity index (χ1n) is 8.10. The zero-order valence-corrected chi connectivity index (χ0v) is 16.8. The van der Waals surface area contributed by atoms with Crippen molar-refractivity contribution in [3.8, 4) is 0 Å². The van der Waals surface area contributed by atoms with Gasteiger partial charge in [0.25, 0.3) is 0 Å². The number of aromatic amines is 1. The minimum Gasteiger partial charge on any atom is -0.384 e. The summed E-state index contributed by atoms with van der Waals surface area (Å²) in [6.45, 7) is 8.78. The zero-order chi connectivity index (χ0) is 18.2. The lowest BCUT2D eigenvalue weighted by atomic mass is 9.87. The van der Waals surface area contributed by atoms with Crippen LogP contribution in [0.25, 0.3) is 10.9 Å². The number of nitrogens with one attached hydrogen (secondary N) is 1. The van der Waals surface area contributed by atoms with Crippen molar-refractivity contribution < 1.29 is 0 Å². The number of nitrogen functional groups attached to an aromatic ring is 1. The molecule has 0 amide bonds. The Bertz CT molecular complexity index is 898. The average molecular weight is 374 g/mol. The normalized spacial score (nSPS) is 13.3. The summed E-state index contributed by atoms with van der Waals surface area (Å²) >= 11 is 3.14. The first kappa shape index (κ1) is 18.1. The number of hydrogen-bond acceptors (Lipinski definition) is 6. The van der Waals surface area contributed by atoms with E-state index in [9.17, 15) is 0 Å². The molecular weight excluding hydrogens is 350 g/mol. The Morgan fingerprint density at radius 3 is 2.64 bits per heavy atom. The van der Waals surface area contributed by atoms with E-state index >= 15 is 0 Å². The second-order valence-electron chi connectivity index (χ2n) is 6.98. The molecule has 0 aliphatic heterocycles. The van der Waals surface area contributed by atoms with Crippen LogP contribution in [0.2, 0.25) is 0 Å². The Balaban J connectivity index is 1.92. The second kappa shape index (κ2) is 6.88. The fourth-order valence-corrected chi connectivity index (χ4v) is 4.03. The van der Waals surface area contributed by atoms with E-state index in [4.69, 9.17) is 5.73 Å². The Kier molecular flexibility index (Phi) is 4.97. The summed E-state index contributed by atoms with van der Waals surface area (Å²) in [5.74, 6) is 0.498. The molecule has 3 aromatic heterocycles. The molecule has 0 saturated carbocycles. The van der Waals surface area contributed by atoms with Crippen LogP contribution in [-0.4, -0.2) is 26.2 Å². The van der Waals surface area contributed by atoms with Gasteiger partial charge in [-0.3, -0.25) is 4.98 Å². The minimum absolute atomic E-state index is 0.0809.